The molecule has 1 spiro atoms. The average Bonchev–Trinajstić information content (AvgIpc) is 3.45. The van der Waals surface area contributed by atoms with E-state index < -0.39 is 6.10 Å². The lowest BCUT2D eigenvalue weighted by Crippen LogP contribution is -2.51. The SMILES string of the molecule is C[C@@H](CN(C)C[C@@H]1C(=O)O[C@@H]2C[C@@]3(C)CCC[C@@]4(CO4)[C@H]3C[C@H]12)[C@H](O)c1ccccc1. The molecule has 1 aromatic rings. The van der Waals surface area contributed by atoms with Crippen molar-refractivity contribution in [3.05, 3.63) is 35.9 Å². The number of rotatable bonds is 6. The number of aliphatic hydroxyl groups is 1. The number of nitrogens with zero attached hydrogens (tertiary/aromatic N) is 1. The van der Waals surface area contributed by atoms with Crippen LogP contribution in [-0.4, -0.2) is 54.4 Å². The number of carbonyl (C=O) groups is 1. The molecule has 8 atom stereocenters. The summed E-state index contributed by atoms with van der Waals surface area (Å²) < 4.78 is 12.0. The first kappa shape index (κ1) is 21.4. The molecule has 31 heavy (non-hydrogen) atoms. The largest absolute Gasteiger partial charge is 0.462 e. The lowest BCUT2D eigenvalue weighted by atomic mass is 9.53. The molecule has 2 saturated heterocycles. The molecule has 2 heterocycles. The lowest BCUT2D eigenvalue weighted by molar-refractivity contribution is -0.147. The van der Waals surface area contributed by atoms with Gasteiger partial charge in [-0.05, 0) is 62.0 Å². The summed E-state index contributed by atoms with van der Waals surface area (Å²) in [7, 11) is 2.06. The third-order valence-electron chi connectivity index (χ3n) is 8.87. The third-order valence-corrected chi connectivity index (χ3v) is 8.87. The molecule has 0 radical (unpaired) electrons. The molecule has 4 fully saturated rings. The number of benzene rings is 1. The van der Waals surface area contributed by atoms with E-state index in [1.807, 2.05) is 30.3 Å². The summed E-state index contributed by atoms with van der Waals surface area (Å²) in [6.45, 7) is 6.82. The molecule has 170 valence electrons. The second-order valence-electron chi connectivity index (χ2n) is 11.2. The van der Waals surface area contributed by atoms with Crippen LogP contribution < -0.4 is 0 Å². The maximum Gasteiger partial charge on any atom is 0.310 e. The summed E-state index contributed by atoms with van der Waals surface area (Å²) >= 11 is 0. The highest BCUT2D eigenvalue weighted by Gasteiger charge is 2.65. The van der Waals surface area contributed by atoms with Crippen molar-refractivity contribution in [2.24, 2.45) is 29.1 Å². The van der Waals surface area contributed by atoms with Crippen LogP contribution in [0.15, 0.2) is 30.3 Å². The van der Waals surface area contributed by atoms with Gasteiger partial charge in [-0.3, -0.25) is 4.79 Å². The van der Waals surface area contributed by atoms with Gasteiger partial charge in [-0.1, -0.05) is 44.2 Å². The number of hydrogen-bond acceptors (Lipinski definition) is 5. The van der Waals surface area contributed by atoms with Crippen LogP contribution in [0, 0.1) is 29.1 Å². The van der Waals surface area contributed by atoms with Crippen molar-refractivity contribution in [2.75, 3.05) is 26.7 Å². The van der Waals surface area contributed by atoms with Crippen molar-refractivity contribution in [2.45, 2.75) is 63.8 Å². The van der Waals surface area contributed by atoms with Gasteiger partial charge in [0, 0.05) is 19.0 Å². The monoisotopic (exact) mass is 427 g/mol. The minimum atomic E-state index is -0.503. The molecule has 0 aromatic heterocycles. The van der Waals surface area contributed by atoms with Crippen molar-refractivity contribution in [1.82, 2.24) is 4.90 Å². The summed E-state index contributed by atoms with van der Waals surface area (Å²) in [5.41, 5.74) is 1.28. The number of fused-ring (bicyclic) bond motifs is 3. The minimum Gasteiger partial charge on any atom is -0.462 e. The molecule has 4 aliphatic rings. The van der Waals surface area contributed by atoms with Gasteiger partial charge >= 0.3 is 5.97 Å². The van der Waals surface area contributed by atoms with Crippen LogP contribution in [0.3, 0.4) is 0 Å². The van der Waals surface area contributed by atoms with Crippen LogP contribution in [0.2, 0.25) is 0 Å². The quantitative estimate of drug-likeness (QED) is 0.552. The summed E-state index contributed by atoms with van der Waals surface area (Å²) in [4.78, 5) is 15.1. The molecule has 5 nitrogen and oxygen atoms in total. The molecule has 0 unspecified atom stereocenters. The van der Waals surface area contributed by atoms with Crippen LogP contribution in [0.4, 0.5) is 0 Å². The van der Waals surface area contributed by atoms with Crippen molar-refractivity contribution in [1.29, 1.82) is 0 Å². The Bertz CT molecular complexity index is 809. The maximum atomic E-state index is 12.9. The van der Waals surface area contributed by atoms with E-state index in [9.17, 15) is 9.90 Å². The molecule has 2 aliphatic heterocycles. The van der Waals surface area contributed by atoms with Gasteiger partial charge in [0.2, 0.25) is 0 Å². The molecular weight excluding hydrogens is 390 g/mol. The molecule has 2 saturated carbocycles. The van der Waals surface area contributed by atoms with E-state index in [1.165, 1.54) is 19.3 Å². The highest BCUT2D eigenvalue weighted by molar-refractivity contribution is 5.75. The minimum absolute atomic E-state index is 0.0221. The topological polar surface area (TPSA) is 62.3 Å². The second kappa shape index (κ2) is 7.86. The Kier molecular flexibility index (Phi) is 5.43. The Hall–Kier alpha value is -1.43. The van der Waals surface area contributed by atoms with Crippen LogP contribution in [0.1, 0.15) is 57.6 Å². The Labute approximate surface area is 186 Å². The van der Waals surface area contributed by atoms with Gasteiger partial charge in [-0.25, -0.2) is 0 Å². The fourth-order valence-corrected chi connectivity index (χ4v) is 7.15. The summed E-state index contributed by atoms with van der Waals surface area (Å²) in [5, 5.41) is 10.7. The van der Waals surface area contributed by atoms with Gasteiger partial charge < -0.3 is 19.5 Å². The molecule has 1 N–H and O–H groups in total. The number of carbonyl (C=O) groups excluding carboxylic acids is 1. The molecule has 5 heteroatoms. The first-order valence-electron chi connectivity index (χ1n) is 12.1. The van der Waals surface area contributed by atoms with E-state index in [0.29, 0.717) is 18.4 Å². The summed E-state index contributed by atoms with van der Waals surface area (Å²) in [6.07, 6.45) is 5.23. The molecule has 0 amide bonds. The fourth-order valence-electron chi connectivity index (χ4n) is 7.15. The van der Waals surface area contributed by atoms with Crippen LogP contribution >= 0.6 is 0 Å². The van der Waals surface area contributed by atoms with Crippen molar-refractivity contribution in [3.8, 4) is 0 Å². The van der Waals surface area contributed by atoms with Crippen LogP contribution in [-0.2, 0) is 14.3 Å². The zero-order chi connectivity index (χ0) is 21.8. The van der Waals surface area contributed by atoms with Gasteiger partial charge in [-0.2, -0.15) is 0 Å². The highest BCUT2D eigenvalue weighted by atomic mass is 16.6. The number of esters is 1. The maximum absolute atomic E-state index is 12.9. The summed E-state index contributed by atoms with van der Waals surface area (Å²) in [5.74, 6) is 0.832. The van der Waals surface area contributed by atoms with E-state index in [2.05, 4.69) is 25.8 Å². The first-order valence-corrected chi connectivity index (χ1v) is 12.1. The van der Waals surface area contributed by atoms with Crippen molar-refractivity contribution in [3.63, 3.8) is 0 Å². The Morgan fingerprint density at radius 2 is 2.00 bits per heavy atom. The smallest absolute Gasteiger partial charge is 0.310 e. The molecular formula is C26H37NO4. The second-order valence-corrected chi connectivity index (χ2v) is 11.2. The Morgan fingerprint density at radius 3 is 2.71 bits per heavy atom. The highest BCUT2D eigenvalue weighted by Crippen LogP contribution is 2.62. The average molecular weight is 428 g/mol. The van der Waals surface area contributed by atoms with E-state index >= 15 is 0 Å². The number of aliphatic hydroxyl groups excluding tert-OH is 1. The molecule has 1 aromatic carbocycles. The normalized spacial score (nSPS) is 40.9. The van der Waals surface area contributed by atoms with Gasteiger partial charge in [-0.15, -0.1) is 0 Å². The fraction of sp³-hybridized carbons (Fsp3) is 0.731. The van der Waals surface area contributed by atoms with Gasteiger partial charge in [0.05, 0.1) is 24.2 Å². The van der Waals surface area contributed by atoms with E-state index in [-0.39, 0.29) is 34.9 Å². The van der Waals surface area contributed by atoms with Gasteiger partial charge in [0.25, 0.3) is 0 Å². The number of epoxide rings is 1. The standard InChI is InChI=1S/C26H37NO4/c1-17(23(28)18-8-5-4-6-9-18)14-27(3)15-20-19-12-22-25(2,13-21(19)31-24(20)29)10-7-11-26(22)16-30-26/h4-6,8-9,17,19-23,28H,7,10-16H2,1-3H3/t17-,19+,20-,21+,22-,23-,25+,26+/m0/s1. The van der Waals surface area contributed by atoms with Gasteiger partial charge in [0.1, 0.15) is 6.10 Å². The van der Waals surface area contributed by atoms with Crippen LogP contribution in [0.5, 0.6) is 0 Å². The van der Waals surface area contributed by atoms with Crippen LogP contribution in [0.25, 0.3) is 0 Å². The first-order chi connectivity index (χ1) is 14.8. The zero-order valence-electron chi connectivity index (χ0n) is 19.1. The van der Waals surface area contributed by atoms with E-state index in [0.717, 1.165) is 31.6 Å². The number of hydrogen-bond donors (Lipinski definition) is 1. The summed E-state index contributed by atoms with van der Waals surface area (Å²) in [6, 6.07) is 9.83. The molecule has 2 aliphatic carbocycles. The lowest BCUT2D eigenvalue weighted by Gasteiger charge is -2.51. The number of ether oxygens (including phenoxy) is 2. The van der Waals surface area contributed by atoms with Gasteiger partial charge in [0.15, 0.2) is 0 Å². The predicted molar refractivity (Wildman–Crippen MR) is 118 cm³/mol. The van der Waals surface area contributed by atoms with Crippen molar-refractivity contribution < 1.29 is 19.4 Å². The predicted octanol–water partition coefficient (Wildman–Crippen LogP) is 3.81. The van der Waals surface area contributed by atoms with Crippen molar-refractivity contribution >= 4 is 5.97 Å². The van der Waals surface area contributed by atoms with E-state index in [4.69, 9.17) is 9.47 Å². The van der Waals surface area contributed by atoms with E-state index in [1.54, 1.807) is 0 Å². The Balaban J connectivity index is 1.24. The molecule has 5 rings (SSSR count). The third kappa shape index (κ3) is 3.83. The zero-order valence-corrected chi connectivity index (χ0v) is 19.1. The Morgan fingerprint density at radius 1 is 1.26 bits per heavy atom. The molecule has 0 bridgehead atoms.